The molecule has 1 atom stereocenters. The van der Waals surface area contributed by atoms with Crippen LogP contribution in [0.3, 0.4) is 0 Å². The summed E-state index contributed by atoms with van der Waals surface area (Å²) in [4.78, 5) is 20.9. The minimum Gasteiger partial charge on any atom is -0.481 e. The van der Waals surface area contributed by atoms with Crippen molar-refractivity contribution in [3.05, 3.63) is 35.9 Å². The maximum Gasteiger partial charge on any atom is 0.408 e. The molecule has 1 amide bonds. The van der Waals surface area contributed by atoms with E-state index >= 15 is 0 Å². The second-order valence-corrected chi connectivity index (χ2v) is 6.05. The van der Waals surface area contributed by atoms with Gasteiger partial charge >= 0.3 is 6.09 Å². The van der Waals surface area contributed by atoms with Gasteiger partial charge in [0.05, 0.1) is 0 Å². The minimum absolute atomic E-state index is 0.149. The molecule has 128 valence electrons. The lowest BCUT2D eigenvalue weighted by atomic mass is 9.91. The third-order valence-electron chi connectivity index (χ3n) is 2.64. The van der Waals surface area contributed by atoms with Gasteiger partial charge in [0.1, 0.15) is 17.0 Å². The zero-order valence-corrected chi connectivity index (χ0v) is 14.1. The molecule has 0 aliphatic carbocycles. The highest BCUT2D eigenvalue weighted by Crippen LogP contribution is 2.21. The fourth-order valence-electron chi connectivity index (χ4n) is 1.57. The number of hydrogen-bond donors (Lipinski definition) is 4. The van der Waals surface area contributed by atoms with Gasteiger partial charge in [0, 0.05) is 6.92 Å². The highest BCUT2D eigenvalue weighted by atomic mass is 16.6. The smallest absolute Gasteiger partial charge is 0.408 e. The van der Waals surface area contributed by atoms with Crippen LogP contribution in [-0.2, 0) is 15.1 Å². The molecule has 7 nitrogen and oxygen atoms in total. The van der Waals surface area contributed by atoms with Crippen LogP contribution in [0.4, 0.5) is 4.79 Å². The van der Waals surface area contributed by atoms with Gasteiger partial charge in [-0.05, 0) is 33.3 Å². The third-order valence-corrected chi connectivity index (χ3v) is 2.64. The molecule has 1 rings (SSSR count). The van der Waals surface area contributed by atoms with Crippen LogP contribution in [0.2, 0.25) is 0 Å². The topological polar surface area (TPSA) is 125 Å². The molecule has 23 heavy (non-hydrogen) atoms. The van der Waals surface area contributed by atoms with E-state index in [0.717, 1.165) is 12.5 Å². The van der Waals surface area contributed by atoms with Crippen LogP contribution in [0, 0.1) is 5.41 Å². The Kier molecular flexibility index (Phi) is 7.25. The minimum atomic E-state index is -1.08. The van der Waals surface area contributed by atoms with Gasteiger partial charge in [0.15, 0.2) is 0 Å². The van der Waals surface area contributed by atoms with E-state index in [1.807, 2.05) is 18.2 Å². The van der Waals surface area contributed by atoms with Crippen molar-refractivity contribution in [1.82, 2.24) is 5.32 Å². The summed E-state index contributed by atoms with van der Waals surface area (Å²) in [5.74, 6) is -0.982. The van der Waals surface area contributed by atoms with Crippen molar-refractivity contribution in [2.24, 2.45) is 5.73 Å². The highest BCUT2D eigenvalue weighted by Gasteiger charge is 2.33. The van der Waals surface area contributed by atoms with Crippen molar-refractivity contribution in [3.63, 3.8) is 0 Å². The lowest BCUT2D eigenvalue weighted by Gasteiger charge is -2.31. The van der Waals surface area contributed by atoms with Crippen LogP contribution >= 0.6 is 0 Å². The molecule has 0 fully saturated rings. The Morgan fingerprint density at radius 2 is 1.61 bits per heavy atom. The molecule has 1 aromatic carbocycles. The molecule has 7 heteroatoms. The number of amidine groups is 1. The molecule has 1 aromatic rings. The van der Waals surface area contributed by atoms with Gasteiger partial charge in [0.25, 0.3) is 5.97 Å². The Morgan fingerprint density at radius 3 is 1.96 bits per heavy atom. The van der Waals surface area contributed by atoms with Gasteiger partial charge < -0.3 is 20.9 Å². The molecule has 0 bridgehead atoms. The number of carboxylic acid groups (broad SMARTS) is 1. The van der Waals surface area contributed by atoms with E-state index in [1.54, 1.807) is 39.8 Å². The second-order valence-electron chi connectivity index (χ2n) is 6.05. The van der Waals surface area contributed by atoms with Gasteiger partial charge in [-0.25, -0.2) is 4.79 Å². The number of aliphatic carboxylic acids is 1. The van der Waals surface area contributed by atoms with E-state index in [1.165, 1.54) is 0 Å². The first-order chi connectivity index (χ1) is 10.4. The predicted octanol–water partition coefficient (Wildman–Crippen LogP) is 2.45. The zero-order valence-electron chi connectivity index (χ0n) is 14.1. The molecule has 0 heterocycles. The number of rotatable bonds is 3. The number of carbonyl (C=O) groups is 2. The third kappa shape index (κ3) is 7.85. The van der Waals surface area contributed by atoms with Crippen LogP contribution in [0.1, 0.15) is 40.2 Å². The number of nitrogens with two attached hydrogens (primary N) is 1. The Morgan fingerprint density at radius 1 is 1.17 bits per heavy atom. The Hall–Kier alpha value is -2.57. The lowest BCUT2D eigenvalue weighted by molar-refractivity contribution is -0.134. The monoisotopic (exact) mass is 323 g/mol. The Balaban J connectivity index is 0.00000108. The molecule has 1 unspecified atom stereocenters. The van der Waals surface area contributed by atoms with E-state index < -0.39 is 23.2 Å². The number of hydrogen-bond acceptors (Lipinski definition) is 4. The SMILES string of the molecule is CC(=O)O.CC(C)(C)OC(=O)NC(C)(C(=N)N)c1ccccc1. The van der Waals surface area contributed by atoms with Crippen LogP contribution in [-0.4, -0.2) is 28.6 Å². The van der Waals surface area contributed by atoms with E-state index in [4.69, 9.17) is 25.8 Å². The van der Waals surface area contributed by atoms with Crippen LogP contribution in [0.5, 0.6) is 0 Å². The summed E-state index contributed by atoms with van der Waals surface area (Å²) in [6.45, 7) is 8.09. The first-order valence-corrected chi connectivity index (χ1v) is 6.99. The molecule has 0 aliphatic heterocycles. The normalized spacial score (nSPS) is 12.9. The molecule has 0 saturated heterocycles. The standard InChI is InChI=1S/C14H21N3O2.C2H4O2/c1-13(2,3)19-12(18)17-14(4,11(15)16)10-8-6-5-7-9-10;1-2(3)4/h5-9H,1-4H3,(H3,15,16)(H,17,18);1H3,(H,3,4). The van der Waals surface area contributed by atoms with Gasteiger partial charge in [-0.1, -0.05) is 30.3 Å². The molecule has 0 spiro atoms. The fraction of sp³-hybridized carbons (Fsp3) is 0.438. The van der Waals surface area contributed by atoms with E-state index in [9.17, 15) is 4.79 Å². The zero-order chi connectivity index (χ0) is 18.3. The quantitative estimate of drug-likeness (QED) is 0.502. The first-order valence-electron chi connectivity index (χ1n) is 6.99. The number of carboxylic acids is 1. The Labute approximate surface area is 136 Å². The summed E-state index contributed by atoms with van der Waals surface area (Å²) in [5.41, 5.74) is 4.68. The fourth-order valence-corrected chi connectivity index (χ4v) is 1.57. The lowest BCUT2D eigenvalue weighted by Crippen LogP contribution is -2.53. The molecule has 5 N–H and O–H groups in total. The number of alkyl carbamates (subject to hydrolysis) is 1. The number of ether oxygens (including phenoxy) is 1. The summed E-state index contributed by atoms with van der Waals surface area (Å²) in [6, 6.07) is 9.12. The van der Waals surface area contributed by atoms with Crippen LogP contribution in [0.25, 0.3) is 0 Å². The Bertz CT molecular complexity index is 548. The van der Waals surface area contributed by atoms with Gasteiger partial charge in [-0.15, -0.1) is 0 Å². The van der Waals surface area contributed by atoms with Gasteiger partial charge in [-0.2, -0.15) is 0 Å². The summed E-state index contributed by atoms with van der Waals surface area (Å²) in [6.07, 6.45) is -0.603. The van der Waals surface area contributed by atoms with E-state index in [0.29, 0.717) is 0 Å². The molecule has 0 saturated carbocycles. The van der Waals surface area contributed by atoms with Crippen molar-refractivity contribution in [2.45, 2.75) is 45.8 Å². The second kappa shape index (κ2) is 8.17. The molecular weight excluding hydrogens is 298 g/mol. The summed E-state index contributed by atoms with van der Waals surface area (Å²) < 4.78 is 5.20. The molecule has 0 aliphatic rings. The largest absolute Gasteiger partial charge is 0.481 e. The van der Waals surface area contributed by atoms with E-state index in [2.05, 4.69) is 5.32 Å². The van der Waals surface area contributed by atoms with Crippen molar-refractivity contribution in [3.8, 4) is 0 Å². The summed E-state index contributed by atoms with van der Waals surface area (Å²) in [5, 5.41) is 17.8. The maximum absolute atomic E-state index is 11.9. The van der Waals surface area contributed by atoms with E-state index in [-0.39, 0.29) is 5.84 Å². The van der Waals surface area contributed by atoms with Crippen molar-refractivity contribution < 1.29 is 19.4 Å². The maximum atomic E-state index is 11.9. The number of amides is 1. The molecule has 0 radical (unpaired) electrons. The molecular formula is C16H25N3O4. The summed E-state index contributed by atoms with van der Waals surface area (Å²) >= 11 is 0. The summed E-state index contributed by atoms with van der Waals surface area (Å²) in [7, 11) is 0. The van der Waals surface area contributed by atoms with Crippen molar-refractivity contribution in [2.75, 3.05) is 0 Å². The van der Waals surface area contributed by atoms with Crippen LogP contribution in [0.15, 0.2) is 30.3 Å². The van der Waals surface area contributed by atoms with Crippen LogP contribution < -0.4 is 11.1 Å². The number of nitrogens with one attached hydrogen (secondary N) is 2. The van der Waals surface area contributed by atoms with Gasteiger partial charge in [-0.3, -0.25) is 10.2 Å². The van der Waals surface area contributed by atoms with Crippen molar-refractivity contribution >= 4 is 17.9 Å². The highest BCUT2D eigenvalue weighted by molar-refractivity contribution is 5.91. The number of carbonyl (C=O) groups excluding carboxylic acids is 1. The average molecular weight is 323 g/mol. The molecule has 0 aromatic heterocycles. The van der Waals surface area contributed by atoms with Crippen molar-refractivity contribution in [1.29, 1.82) is 5.41 Å². The predicted molar refractivity (Wildman–Crippen MR) is 88.4 cm³/mol. The average Bonchev–Trinajstić information content (AvgIpc) is 2.36. The van der Waals surface area contributed by atoms with Gasteiger partial charge in [0.2, 0.25) is 0 Å². The first kappa shape index (κ1) is 20.4. The number of benzene rings is 1.